The molecule has 2 heterocycles. The lowest BCUT2D eigenvalue weighted by atomic mass is 9.91. The van der Waals surface area contributed by atoms with Gasteiger partial charge in [0.1, 0.15) is 5.54 Å². The van der Waals surface area contributed by atoms with Crippen LogP contribution in [0.25, 0.3) is 10.9 Å². The number of aromatic nitrogens is 1. The molecule has 1 fully saturated rings. The highest BCUT2D eigenvalue weighted by Gasteiger charge is 2.48. The first-order valence-corrected chi connectivity index (χ1v) is 9.83. The molecule has 3 amide bonds. The standard InChI is InChI=1S/C21H16F3N3O2S/c1-20(12-13-10-11-25-17-5-3-2-4-16(13)17)18(28)27(19(29)26-20)14-6-8-15(9-7-14)30-21(22,23)24/h2-11H,12H2,1H3,(H,26,29)/t20-/m0/s1. The molecule has 2 aromatic carbocycles. The van der Waals surface area contributed by atoms with Gasteiger partial charge in [0, 0.05) is 22.9 Å². The molecule has 0 unspecified atom stereocenters. The summed E-state index contributed by atoms with van der Waals surface area (Å²) in [5, 5.41) is 3.61. The summed E-state index contributed by atoms with van der Waals surface area (Å²) < 4.78 is 37.5. The number of halogens is 3. The largest absolute Gasteiger partial charge is 0.446 e. The molecular weight excluding hydrogens is 415 g/mol. The Morgan fingerprint density at radius 2 is 1.77 bits per heavy atom. The Bertz CT molecular complexity index is 1130. The second-order valence-corrected chi connectivity index (χ2v) is 8.25. The van der Waals surface area contributed by atoms with E-state index in [2.05, 4.69) is 10.3 Å². The van der Waals surface area contributed by atoms with Gasteiger partial charge in [-0.2, -0.15) is 13.2 Å². The molecule has 30 heavy (non-hydrogen) atoms. The zero-order chi connectivity index (χ0) is 21.5. The number of alkyl halides is 3. The van der Waals surface area contributed by atoms with Crippen molar-refractivity contribution < 1.29 is 22.8 Å². The van der Waals surface area contributed by atoms with E-state index in [9.17, 15) is 22.8 Å². The number of nitrogens with zero attached hydrogens (tertiary/aromatic N) is 2. The Labute approximate surface area is 174 Å². The Hall–Kier alpha value is -3.07. The highest BCUT2D eigenvalue weighted by atomic mass is 32.2. The molecule has 0 saturated carbocycles. The fourth-order valence-electron chi connectivity index (χ4n) is 3.53. The van der Waals surface area contributed by atoms with Crippen LogP contribution in [0.5, 0.6) is 0 Å². The summed E-state index contributed by atoms with van der Waals surface area (Å²) in [6.07, 6.45) is 1.90. The average Bonchev–Trinajstić information content (AvgIpc) is 2.90. The molecule has 0 aliphatic carbocycles. The van der Waals surface area contributed by atoms with Gasteiger partial charge < -0.3 is 5.32 Å². The highest BCUT2D eigenvalue weighted by Crippen LogP contribution is 2.38. The molecule has 1 aliphatic rings. The molecule has 1 N–H and O–H groups in total. The van der Waals surface area contributed by atoms with Gasteiger partial charge in [-0.3, -0.25) is 9.78 Å². The maximum Gasteiger partial charge on any atom is 0.446 e. The monoisotopic (exact) mass is 431 g/mol. The lowest BCUT2D eigenvalue weighted by Crippen LogP contribution is -2.46. The first-order chi connectivity index (χ1) is 14.2. The summed E-state index contributed by atoms with van der Waals surface area (Å²) in [7, 11) is 0. The Morgan fingerprint density at radius 3 is 2.47 bits per heavy atom. The van der Waals surface area contributed by atoms with Crippen molar-refractivity contribution in [2.75, 3.05) is 4.90 Å². The van der Waals surface area contributed by atoms with E-state index >= 15 is 0 Å². The Balaban J connectivity index is 1.60. The molecule has 0 radical (unpaired) electrons. The van der Waals surface area contributed by atoms with Crippen LogP contribution in [0.4, 0.5) is 23.7 Å². The number of fused-ring (bicyclic) bond motifs is 1. The van der Waals surface area contributed by atoms with Crippen LogP contribution in [0, 0.1) is 0 Å². The number of para-hydroxylation sites is 1. The number of hydrogen-bond donors (Lipinski definition) is 1. The molecule has 9 heteroatoms. The van der Waals surface area contributed by atoms with Gasteiger partial charge in [-0.25, -0.2) is 9.69 Å². The lowest BCUT2D eigenvalue weighted by Gasteiger charge is -2.22. The number of benzene rings is 2. The number of rotatable bonds is 4. The average molecular weight is 431 g/mol. The number of anilines is 1. The fraction of sp³-hybridized carbons (Fsp3) is 0.190. The van der Waals surface area contributed by atoms with Crippen LogP contribution < -0.4 is 10.2 Å². The van der Waals surface area contributed by atoms with Gasteiger partial charge in [0.15, 0.2) is 0 Å². The number of nitrogens with one attached hydrogen (secondary N) is 1. The molecule has 3 aromatic rings. The maximum atomic E-state index is 13.1. The van der Waals surface area contributed by atoms with Crippen LogP contribution in [-0.4, -0.2) is 28.0 Å². The van der Waals surface area contributed by atoms with Crippen molar-refractivity contribution in [2.45, 2.75) is 29.3 Å². The number of pyridine rings is 1. The van der Waals surface area contributed by atoms with Gasteiger partial charge in [-0.1, -0.05) is 18.2 Å². The second kappa shape index (κ2) is 7.32. The zero-order valence-electron chi connectivity index (χ0n) is 15.7. The van der Waals surface area contributed by atoms with Crippen molar-refractivity contribution in [3.8, 4) is 0 Å². The van der Waals surface area contributed by atoms with Crippen molar-refractivity contribution in [3.05, 3.63) is 66.4 Å². The zero-order valence-corrected chi connectivity index (χ0v) is 16.6. The van der Waals surface area contributed by atoms with E-state index in [0.717, 1.165) is 21.4 Å². The summed E-state index contributed by atoms with van der Waals surface area (Å²) in [6, 6.07) is 13.8. The van der Waals surface area contributed by atoms with Crippen LogP contribution in [-0.2, 0) is 11.2 Å². The lowest BCUT2D eigenvalue weighted by molar-refractivity contribution is -0.121. The van der Waals surface area contributed by atoms with E-state index in [4.69, 9.17) is 0 Å². The number of amides is 3. The highest BCUT2D eigenvalue weighted by molar-refractivity contribution is 8.00. The van der Waals surface area contributed by atoms with Crippen LogP contribution in [0.3, 0.4) is 0 Å². The number of carbonyl (C=O) groups is 2. The van der Waals surface area contributed by atoms with E-state index in [1.807, 2.05) is 24.3 Å². The second-order valence-electron chi connectivity index (χ2n) is 7.11. The minimum atomic E-state index is -4.41. The van der Waals surface area contributed by atoms with Crippen LogP contribution in [0.15, 0.2) is 65.7 Å². The van der Waals surface area contributed by atoms with Crippen molar-refractivity contribution >= 4 is 40.3 Å². The van der Waals surface area contributed by atoms with E-state index in [1.54, 1.807) is 19.2 Å². The van der Waals surface area contributed by atoms with E-state index in [1.165, 1.54) is 24.3 Å². The summed E-state index contributed by atoms with van der Waals surface area (Å²) in [4.78, 5) is 30.9. The summed E-state index contributed by atoms with van der Waals surface area (Å²) in [6.45, 7) is 1.64. The molecule has 4 rings (SSSR count). The Morgan fingerprint density at radius 1 is 1.07 bits per heavy atom. The van der Waals surface area contributed by atoms with Gasteiger partial charge in [0.2, 0.25) is 0 Å². The minimum Gasteiger partial charge on any atom is -0.323 e. The smallest absolute Gasteiger partial charge is 0.323 e. The number of thioether (sulfide) groups is 1. The van der Waals surface area contributed by atoms with E-state index < -0.39 is 23.0 Å². The summed E-state index contributed by atoms with van der Waals surface area (Å²) >= 11 is -0.254. The van der Waals surface area contributed by atoms with Gasteiger partial charge in [0.25, 0.3) is 5.91 Å². The van der Waals surface area contributed by atoms with Crippen LogP contribution >= 0.6 is 11.8 Å². The first kappa shape index (κ1) is 20.2. The van der Waals surface area contributed by atoms with Gasteiger partial charge >= 0.3 is 11.5 Å². The third kappa shape index (κ3) is 3.85. The first-order valence-electron chi connectivity index (χ1n) is 9.01. The number of carbonyl (C=O) groups excluding carboxylic acids is 2. The molecule has 1 aliphatic heterocycles. The number of hydrogen-bond acceptors (Lipinski definition) is 4. The summed E-state index contributed by atoms with van der Waals surface area (Å²) in [5.74, 6) is -0.468. The van der Waals surface area contributed by atoms with Gasteiger partial charge in [-0.15, -0.1) is 0 Å². The molecule has 1 atom stereocenters. The SMILES string of the molecule is C[C@@]1(Cc2ccnc3ccccc23)NC(=O)N(c2ccc(SC(F)(F)F)cc2)C1=O. The number of imide groups is 1. The van der Waals surface area contributed by atoms with E-state index in [0.29, 0.717) is 0 Å². The van der Waals surface area contributed by atoms with Crippen molar-refractivity contribution in [3.63, 3.8) is 0 Å². The van der Waals surface area contributed by atoms with Gasteiger partial charge in [0.05, 0.1) is 11.2 Å². The Kier molecular flexibility index (Phi) is 4.93. The molecule has 154 valence electrons. The van der Waals surface area contributed by atoms with Crippen LogP contribution in [0.2, 0.25) is 0 Å². The normalized spacial score (nSPS) is 19.4. The van der Waals surface area contributed by atoms with Crippen LogP contribution in [0.1, 0.15) is 12.5 Å². The van der Waals surface area contributed by atoms with Crippen molar-refractivity contribution in [2.24, 2.45) is 0 Å². The molecule has 0 spiro atoms. The maximum absolute atomic E-state index is 13.1. The summed E-state index contributed by atoms with van der Waals surface area (Å²) in [5.41, 5.74) is -3.75. The number of urea groups is 1. The third-order valence-corrected chi connectivity index (χ3v) is 5.61. The molecule has 1 aromatic heterocycles. The van der Waals surface area contributed by atoms with Crippen molar-refractivity contribution in [1.82, 2.24) is 10.3 Å². The molecule has 5 nitrogen and oxygen atoms in total. The molecule has 1 saturated heterocycles. The minimum absolute atomic E-state index is 0.0238. The predicted octanol–water partition coefficient (Wildman–Crippen LogP) is 4.90. The molecular formula is C21H16F3N3O2S. The predicted molar refractivity (Wildman–Crippen MR) is 108 cm³/mol. The molecule has 0 bridgehead atoms. The third-order valence-electron chi connectivity index (χ3n) is 4.87. The van der Waals surface area contributed by atoms with Gasteiger partial charge in [-0.05, 0) is 60.6 Å². The quantitative estimate of drug-likeness (QED) is 0.471. The topological polar surface area (TPSA) is 62.3 Å². The van der Waals surface area contributed by atoms with E-state index in [-0.39, 0.29) is 28.8 Å². The fourth-order valence-corrected chi connectivity index (χ4v) is 4.07. The van der Waals surface area contributed by atoms with Crippen molar-refractivity contribution in [1.29, 1.82) is 0 Å².